The lowest BCUT2D eigenvalue weighted by Crippen LogP contribution is -2.34. The van der Waals surface area contributed by atoms with Crippen molar-refractivity contribution >= 4 is 44.7 Å². The van der Waals surface area contributed by atoms with E-state index in [1.165, 1.54) is 11.3 Å². The molecule has 1 saturated heterocycles. The van der Waals surface area contributed by atoms with E-state index >= 15 is 0 Å². The highest BCUT2D eigenvalue weighted by atomic mass is 32.1. The largest absolute Gasteiger partial charge is 0.383 e. The number of nitrogens with zero attached hydrogens (tertiary/aromatic N) is 2. The SMILES string of the molecule is O=C(Nc1ccccc1N1CCCC1=O)C(O)C(O)c1nc2ccccc2s1. The van der Waals surface area contributed by atoms with E-state index in [1.54, 1.807) is 35.2 Å². The smallest absolute Gasteiger partial charge is 0.256 e. The minimum atomic E-state index is -1.69. The van der Waals surface area contributed by atoms with Crippen molar-refractivity contribution in [1.29, 1.82) is 0 Å². The second-order valence-electron chi connectivity index (χ2n) is 6.56. The van der Waals surface area contributed by atoms with Crippen molar-refractivity contribution < 1.29 is 19.8 Å². The third-order valence-corrected chi connectivity index (χ3v) is 5.76. The Morgan fingerprint density at radius 1 is 1.14 bits per heavy atom. The minimum Gasteiger partial charge on any atom is -0.383 e. The van der Waals surface area contributed by atoms with Crippen LogP contribution >= 0.6 is 11.3 Å². The van der Waals surface area contributed by atoms with Gasteiger partial charge in [-0.05, 0) is 30.7 Å². The van der Waals surface area contributed by atoms with Gasteiger partial charge in [-0.1, -0.05) is 24.3 Å². The van der Waals surface area contributed by atoms with Crippen LogP contribution in [0.2, 0.25) is 0 Å². The highest BCUT2D eigenvalue weighted by molar-refractivity contribution is 7.18. The molecule has 0 aliphatic carbocycles. The monoisotopic (exact) mass is 397 g/mol. The number of aromatic nitrogens is 1. The van der Waals surface area contributed by atoms with Crippen molar-refractivity contribution in [3.05, 3.63) is 53.5 Å². The maximum atomic E-state index is 12.5. The highest BCUT2D eigenvalue weighted by Crippen LogP contribution is 2.31. The first-order valence-corrected chi connectivity index (χ1v) is 9.78. The molecule has 28 heavy (non-hydrogen) atoms. The van der Waals surface area contributed by atoms with Gasteiger partial charge in [0.1, 0.15) is 11.1 Å². The van der Waals surface area contributed by atoms with Crippen LogP contribution in [0.1, 0.15) is 24.0 Å². The van der Waals surface area contributed by atoms with Crippen LogP contribution in [0.4, 0.5) is 11.4 Å². The zero-order valence-electron chi connectivity index (χ0n) is 14.9. The van der Waals surface area contributed by atoms with E-state index in [0.717, 1.165) is 11.1 Å². The summed E-state index contributed by atoms with van der Waals surface area (Å²) in [5.74, 6) is -0.761. The normalized spacial score (nSPS) is 16.4. The Balaban J connectivity index is 1.52. The predicted molar refractivity (Wildman–Crippen MR) is 107 cm³/mol. The predicted octanol–water partition coefficient (Wildman–Crippen LogP) is 2.46. The van der Waals surface area contributed by atoms with Crippen LogP contribution in [0, 0.1) is 0 Å². The molecule has 1 aromatic heterocycles. The summed E-state index contributed by atoms with van der Waals surface area (Å²) in [7, 11) is 0. The molecule has 2 aromatic carbocycles. The second kappa shape index (κ2) is 7.67. The summed E-state index contributed by atoms with van der Waals surface area (Å²) in [6.07, 6.45) is -1.90. The molecule has 1 aliphatic heterocycles. The topological polar surface area (TPSA) is 103 Å². The Morgan fingerprint density at radius 3 is 2.64 bits per heavy atom. The third-order valence-electron chi connectivity index (χ3n) is 4.66. The van der Waals surface area contributed by atoms with Crippen LogP contribution in [0.25, 0.3) is 10.2 Å². The average Bonchev–Trinajstić information content (AvgIpc) is 3.33. The molecule has 3 N–H and O–H groups in total. The number of aliphatic hydroxyl groups is 2. The molecular formula is C20H19N3O4S. The molecule has 1 aliphatic rings. The van der Waals surface area contributed by atoms with Gasteiger partial charge in [0.05, 0.1) is 21.6 Å². The molecule has 2 amide bonds. The number of para-hydroxylation sites is 3. The van der Waals surface area contributed by atoms with Gasteiger partial charge in [0, 0.05) is 13.0 Å². The van der Waals surface area contributed by atoms with Gasteiger partial charge in [-0.2, -0.15) is 0 Å². The van der Waals surface area contributed by atoms with E-state index in [1.807, 2.05) is 18.2 Å². The number of carbonyl (C=O) groups is 2. The van der Waals surface area contributed by atoms with Crippen LogP contribution in [-0.4, -0.2) is 39.7 Å². The standard InChI is InChI=1S/C20H19N3O4S/c24-16-10-5-11-23(16)14-8-3-1-6-12(14)21-19(27)17(25)18(26)20-22-13-7-2-4-9-15(13)28-20/h1-4,6-9,17-18,25-26H,5,10-11H2,(H,21,27). The number of carbonyl (C=O) groups excluding carboxylic acids is 2. The average molecular weight is 397 g/mol. The van der Waals surface area contributed by atoms with Gasteiger partial charge in [0.2, 0.25) is 5.91 Å². The number of anilines is 2. The molecule has 0 radical (unpaired) electrons. The zero-order chi connectivity index (χ0) is 19.7. The summed E-state index contributed by atoms with van der Waals surface area (Å²) in [5, 5.41) is 23.7. The molecule has 8 heteroatoms. The molecule has 144 valence electrons. The first-order chi connectivity index (χ1) is 13.5. The molecule has 0 saturated carbocycles. The summed E-state index contributed by atoms with van der Waals surface area (Å²) >= 11 is 1.23. The lowest BCUT2D eigenvalue weighted by molar-refractivity contribution is -0.130. The van der Waals surface area contributed by atoms with Gasteiger partial charge in [0.25, 0.3) is 5.91 Å². The molecule has 7 nitrogen and oxygen atoms in total. The van der Waals surface area contributed by atoms with Crippen molar-refractivity contribution in [2.24, 2.45) is 0 Å². The summed E-state index contributed by atoms with van der Waals surface area (Å²) < 4.78 is 0.863. The Labute approximate surface area is 165 Å². The van der Waals surface area contributed by atoms with E-state index in [-0.39, 0.29) is 10.9 Å². The highest BCUT2D eigenvalue weighted by Gasteiger charge is 2.30. The molecule has 2 heterocycles. The first kappa shape index (κ1) is 18.5. The van der Waals surface area contributed by atoms with E-state index in [4.69, 9.17) is 0 Å². The molecule has 4 rings (SSSR count). The van der Waals surface area contributed by atoms with Gasteiger partial charge >= 0.3 is 0 Å². The zero-order valence-corrected chi connectivity index (χ0v) is 15.7. The fourth-order valence-corrected chi connectivity index (χ4v) is 4.20. The summed E-state index contributed by atoms with van der Waals surface area (Å²) in [5.41, 5.74) is 1.70. The van der Waals surface area contributed by atoms with Gasteiger partial charge in [-0.15, -0.1) is 11.3 Å². The van der Waals surface area contributed by atoms with Crippen molar-refractivity contribution in [3.63, 3.8) is 0 Å². The number of amides is 2. The van der Waals surface area contributed by atoms with Crippen LogP contribution in [0.15, 0.2) is 48.5 Å². The maximum Gasteiger partial charge on any atom is 0.256 e. The second-order valence-corrected chi connectivity index (χ2v) is 7.63. The number of aliphatic hydroxyl groups excluding tert-OH is 2. The Kier molecular flexibility index (Phi) is 5.08. The number of fused-ring (bicyclic) bond motifs is 1. The summed E-state index contributed by atoms with van der Waals surface area (Å²) in [4.78, 5) is 30.5. The van der Waals surface area contributed by atoms with Crippen LogP contribution in [0.5, 0.6) is 0 Å². The Bertz CT molecular complexity index is 1000. The van der Waals surface area contributed by atoms with E-state index in [2.05, 4.69) is 10.3 Å². The van der Waals surface area contributed by atoms with Crippen molar-refractivity contribution in [1.82, 2.24) is 4.98 Å². The lowest BCUT2D eigenvalue weighted by Gasteiger charge is -2.21. The van der Waals surface area contributed by atoms with E-state index < -0.39 is 18.1 Å². The van der Waals surface area contributed by atoms with Gasteiger partial charge in [-0.25, -0.2) is 4.98 Å². The molecule has 0 spiro atoms. The van der Waals surface area contributed by atoms with Crippen molar-refractivity contribution in [2.45, 2.75) is 25.0 Å². The van der Waals surface area contributed by atoms with Crippen LogP contribution in [0.3, 0.4) is 0 Å². The number of thiazole rings is 1. The van der Waals surface area contributed by atoms with E-state index in [0.29, 0.717) is 29.9 Å². The summed E-state index contributed by atoms with van der Waals surface area (Å²) in [6, 6.07) is 14.3. The number of hydrogen-bond donors (Lipinski definition) is 3. The molecule has 1 fully saturated rings. The minimum absolute atomic E-state index is 0.00300. The fourth-order valence-electron chi connectivity index (χ4n) is 3.22. The summed E-state index contributed by atoms with van der Waals surface area (Å²) in [6.45, 7) is 0.586. The molecular weight excluding hydrogens is 378 g/mol. The quantitative estimate of drug-likeness (QED) is 0.614. The Hall–Kier alpha value is -2.81. The van der Waals surface area contributed by atoms with Crippen LogP contribution in [-0.2, 0) is 9.59 Å². The number of rotatable bonds is 5. The van der Waals surface area contributed by atoms with Crippen molar-refractivity contribution in [3.8, 4) is 0 Å². The molecule has 0 bridgehead atoms. The Morgan fingerprint density at radius 2 is 1.89 bits per heavy atom. The lowest BCUT2D eigenvalue weighted by atomic mass is 10.2. The molecule has 2 atom stereocenters. The van der Waals surface area contributed by atoms with Crippen LogP contribution < -0.4 is 10.2 Å². The number of benzene rings is 2. The third kappa shape index (κ3) is 3.49. The van der Waals surface area contributed by atoms with Gasteiger partial charge in [-0.3, -0.25) is 9.59 Å². The number of nitrogens with one attached hydrogen (secondary N) is 1. The van der Waals surface area contributed by atoms with E-state index in [9.17, 15) is 19.8 Å². The van der Waals surface area contributed by atoms with Crippen molar-refractivity contribution in [2.75, 3.05) is 16.8 Å². The van der Waals surface area contributed by atoms with Gasteiger partial charge < -0.3 is 20.4 Å². The maximum absolute atomic E-state index is 12.5. The van der Waals surface area contributed by atoms with Gasteiger partial charge in [0.15, 0.2) is 6.10 Å². The molecule has 2 unspecified atom stereocenters. The first-order valence-electron chi connectivity index (χ1n) is 8.96. The molecule has 3 aromatic rings. The fraction of sp³-hybridized carbons (Fsp3) is 0.250. The number of hydrogen-bond acceptors (Lipinski definition) is 6.